The molecule has 3 aromatic carbocycles. The van der Waals surface area contributed by atoms with Gasteiger partial charge in [0, 0.05) is 13.6 Å². The number of hydrogen-bond acceptors (Lipinski definition) is 4. The zero-order valence-electron chi connectivity index (χ0n) is 23.0. The summed E-state index contributed by atoms with van der Waals surface area (Å²) in [5.74, 6) is -0.758. The Morgan fingerprint density at radius 2 is 1.53 bits per heavy atom. The lowest BCUT2D eigenvalue weighted by Crippen LogP contribution is -2.51. The maximum absolute atomic E-state index is 14.0. The Labute approximate surface area is 226 Å². The van der Waals surface area contributed by atoms with Crippen molar-refractivity contribution in [2.75, 3.05) is 17.9 Å². The lowest BCUT2D eigenvalue weighted by Gasteiger charge is -2.33. The highest BCUT2D eigenvalue weighted by Crippen LogP contribution is 2.27. The SMILES string of the molecule is CCC(C(=O)NC)N(Cc1ccccc1C)C(=O)CN(c1ccc(C)c(C)c1)S(=O)(=O)c1ccc(C)cc1. The first kappa shape index (κ1) is 28.9. The van der Waals surface area contributed by atoms with E-state index >= 15 is 0 Å². The molecule has 0 spiro atoms. The lowest BCUT2D eigenvalue weighted by molar-refractivity contribution is -0.140. The van der Waals surface area contributed by atoms with E-state index in [4.69, 9.17) is 0 Å². The van der Waals surface area contributed by atoms with Crippen molar-refractivity contribution in [1.29, 1.82) is 0 Å². The monoisotopic (exact) mass is 535 g/mol. The van der Waals surface area contributed by atoms with Crippen LogP contribution in [0.3, 0.4) is 0 Å². The zero-order valence-corrected chi connectivity index (χ0v) is 23.8. The van der Waals surface area contributed by atoms with Crippen molar-refractivity contribution in [1.82, 2.24) is 10.2 Å². The third kappa shape index (κ3) is 6.42. The molecule has 1 N–H and O–H groups in total. The van der Waals surface area contributed by atoms with Gasteiger partial charge in [-0.3, -0.25) is 13.9 Å². The molecule has 1 unspecified atom stereocenters. The van der Waals surface area contributed by atoms with Crippen molar-refractivity contribution in [3.8, 4) is 0 Å². The number of nitrogens with zero attached hydrogens (tertiary/aromatic N) is 2. The summed E-state index contributed by atoms with van der Waals surface area (Å²) >= 11 is 0. The first-order chi connectivity index (χ1) is 18.0. The first-order valence-electron chi connectivity index (χ1n) is 12.7. The highest BCUT2D eigenvalue weighted by atomic mass is 32.2. The number of amides is 2. The second kappa shape index (κ2) is 12.3. The predicted octanol–water partition coefficient (Wildman–Crippen LogP) is 4.67. The molecule has 0 saturated carbocycles. The molecule has 0 saturated heterocycles. The van der Waals surface area contributed by atoms with E-state index in [2.05, 4.69) is 5.32 Å². The van der Waals surface area contributed by atoms with Crippen LogP contribution in [0.25, 0.3) is 0 Å². The highest BCUT2D eigenvalue weighted by molar-refractivity contribution is 7.92. The minimum absolute atomic E-state index is 0.0953. The van der Waals surface area contributed by atoms with Crippen LogP contribution in [-0.2, 0) is 26.2 Å². The van der Waals surface area contributed by atoms with E-state index in [9.17, 15) is 18.0 Å². The van der Waals surface area contributed by atoms with E-state index in [1.54, 1.807) is 36.4 Å². The van der Waals surface area contributed by atoms with Crippen molar-refractivity contribution < 1.29 is 18.0 Å². The van der Waals surface area contributed by atoms with Gasteiger partial charge in [0.1, 0.15) is 12.6 Å². The van der Waals surface area contributed by atoms with Crippen LogP contribution in [-0.4, -0.2) is 44.8 Å². The average Bonchev–Trinajstić information content (AvgIpc) is 2.89. The summed E-state index contributed by atoms with van der Waals surface area (Å²) in [6, 6.07) is 18.8. The van der Waals surface area contributed by atoms with Crippen molar-refractivity contribution in [2.45, 2.75) is 58.5 Å². The largest absolute Gasteiger partial charge is 0.357 e. The molecule has 38 heavy (non-hydrogen) atoms. The van der Waals surface area contributed by atoms with Crippen molar-refractivity contribution in [3.63, 3.8) is 0 Å². The molecule has 0 aromatic heterocycles. The number of likely N-dealkylation sites (N-methyl/N-ethyl adjacent to an activating group) is 1. The van der Waals surface area contributed by atoms with Crippen LogP contribution >= 0.6 is 0 Å². The number of nitrogens with one attached hydrogen (secondary N) is 1. The minimum atomic E-state index is -4.08. The first-order valence-corrected chi connectivity index (χ1v) is 14.2. The average molecular weight is 536 g/mol. The van der Waals surface area contributed by atoms with Gasteiger partial charge in [0.05, 0.1) is 10.6 Å². The van der Waals surface area contributed by atoms with Crippen LogP contribution in [0.5, 0.6) is 0 Å². The number of anilines is 1. The molecule has 8 heteroatoms. The number of carbonyl (C=O) groups is 2. The second-order valence-corrected chi connectivity index (χ2v) is 11.4. The van der Waals surface area contributed by atoms with E-state index < -0.39 is 28.5 Å². The molecule has 3 aromatic rings. The standard InChI is InChI=1S/C30H37N3O4S/c1-7-28(30(35)31-6)32(19-25-11-9-8-10-23(25)4)29(34)20-33(26-15-14-22(3)24(5)18-26)38(36,37)27-16-12-21(2)13-17-27/h8-18,28H,7,19-20H2,1-6H3,(H,31,35). The van der Waals surface area contributed by atoms with Gasteiger partial charge in [-0.25, -0.2) is 8.42 Å². The molecule has 3 rings (SSSR count). The van der Waals surface area contributed by atoms with Gasteiger partial charge in [0.15, 0.2) is 0 Å². The Balaban J connectivity index is 2.10. The van der Waals surface area contributed by atoms with E-state index in [0.717, 1.165) is 32.1 Å². The summed E-state index contributed by atoms with van der Waals surface area (Å²) in [6.45, 7) is 9.25. The fourth-order valence-electron chi connectivity index (χ4n) is 4.30. The zero-order chi connectivity index (χ0) is 28.0. The van der Waals surface area contributed by atoms with Gasteiger partial charge in [-0.2, -0.15) is 0 Å². The number of hydrogen-bond donors (Lipinski definition) is 1. The van der Waals surface area contributed by atoms with Gasteiger partial charge in [-0.1, -0.05) is 55.0 Å². The number of sulfonamides is 1. The van der Waals surface area contributed by atoms with Crippen LogP contribution in [0.15, 0.2) is 71.6 Å². The van der Waals surface area contributed by atoms with Crippen LogP contribution in [0, 0.1) is 27.7 Å². The summed E-state index contributed by atoms with van der Waals surface area (Å²) in [6.07, 6.45) is 0.381. The fraction of sp³-hybridized carbons (Fsp3) is 0.333. The highest BCUT2D eigenvalue weighted by Gasteiger charge is 2.33. The van der Waals surface area contributed by atoms with Gasteiger partial charge < -0.3 is 10.2 Å². The predicted molar refractivity (Wildman–Crippen MR) is 152 cm³/mol. The van der Waals surface area contributed by atoms with Crippen LogP contribution in [0.4, 0.5) is 5.69 Å². The number of benzene rings is 3. The van der Waals surface area contributed by atoms with Crippen LogP contribution in [0.1, 0.15) is 41.2 Å². The van der Waals surface area contributed by atoms with E-state index in [-0.39, 0.29) is 17.3 Å². The molecule has 2 amide bonds. The van der Waals surface area contributed by atoms with Crippen LogP contribution in [0.2, 0.25) is 0 Å². The van der Waals surface area contributed by atoms with E-state index in [1.807, 2.05) is 65.0 Å². The molecule has 0 aliphatic carbocycles. The Bertz CT molecular complexity index is 1400. The van der Waals surface area contributed by atoms with Gasteiger partial charge in [0.2, 0.25) is 11.8 Å². The molecule has 0 radical (unpaired) electrons. The molecule has 1 atom stereocenters. The van der Waals surface area contributed by atoms with Gasteiger partial charge in [-0.15, -0.1) is 0 Å². The third-order valence-corrected chi connectivity index (χ3v) is 8.69. The summed E-state index contributed by atoms with van der Waals surface area (Å²) in [5.41, 5.74) is 5.12. The molecular weight excluding hydrogens is 498 g/mol. The Kier molecular flexibility index (Phi) is 9.33. The summed E-state index contributed by atoms with van der Waals surface area (Å²) in [7, 11) is -2.55. The fourth-order valence-corrected chi connectivity index (χ4v) is 5.71. The maximum atomic E-state index is 14.0. The van der Waals surface area contributed by atoms with Crippen molar-refractivity contribution in [2.24, 2.45) is 0 Å². The number of rotatable bonds is 10. The topological polar surface area (TPSA) is 86.8 Å². The molecule has 0 fully saturated rings. The van der Waals surface area contributed by atoms with Gasteiger partial charge in [-0.05, 0) is 80.6 Å². The molecule has 0 aliphatic rings. The molecule has 0 bridgehead atoms. The van der Waals surface area contributed by atoms with E-state index in [0.29, 0.717) is 12.1 Å². The molecule has 0 heterocycles. The van der Waals surface area contributed by atoms with Crippen molar-refractivity contribution >= 4 is 27.5 Å². The normalized spacial score (nSPS) is 12.1. The Hall–Kier alpha value is -3.65. The minimum Gasteiger partial charge on any atom is -0.357 e. The molecule has 7 nitrogen and oxygen atoms in total. The molecular formula is C30H37N3O4S. The molecule has 0 aliphatic heterocycles. The Morgan fingerprint density at radius 1 is 0.868 bits per heavy atom. The van der Waals surface area contributed by atoms with Gasteiger partial charge >= 0.3 is 0 Å². The molecule has 202 valence electrons. The second-order valence-electron chi connectivity index (χ2n) is 9.58. The van der Waals surface area contributed by atoms with E-state index in [1.165, 1.54) is 11.9 Å². The number of aryl methyl sites for hydroxylation is 4. The van der Waals surface area contributed by atoms with Gasteiger partial charge in [0.25, 0.3) is 10.0 Å². The summed E-state index contributed by atoms with van der Waals surface area (Å²) < 4.78 is 29.0. The number of carbonyl (C=O) groups excluding carboxylic acids is 2. The summed E-state index contributed by atoms with van der Waals surface area (Å²) in [4.78, 5) is 28.4. The summed E-state index contributed by atoms with van der Waals surface area (Å²) in [5, 5.41) is 2.65. The smallest absolute Gasteiger partial charge is 0.264 e. The van der Waals surface area contributed by atoms with Crippen LogP contribution < -0.4 is 9.62 Å². The Morgan fingerprint density at radius 3 is 2.11 bits per heavy atom. The van der Waals surface area contributed by atoms with Crippen molar-refractivity contribution in [3.05, 3.63) is 94.5 Å². The maximum Gasteiger partial charge on any atom is 0.264 e. The quantitative estimate of drug-likeness (QED) is 0.409. The third-order valence-electron chi connectivity index (χ3n) is 6.90. The lowest BCUT2D eigenvalue weighted by atomic mass is 10.1.